The summed E-state index contributed by atoms with van der Waals surface area (Å²) in [5.74, 6) is 1.47. The molecule has 8 nitrogen and oxygen atoms in total. The van der Waals surface area contributed by atoms with E-state index in [4.69, 9.17) is 4.74 Å². The molecule has 2 amide bonds. The molecule has 2 aromatic heterocycles. The monoisotopic (exact) mass is 354 g/mol. The minimum absolute atomic E-state index is 0.125. The predicted octanol–water partition coefficient (Wildman–Crippen LogP) is 3.28. The Bertz CT molecular complexity index is 893. The summed E-state index contributed by atoms with van der Waals surface area (Å²) in [6, 6.07) is 11.0. The molecular weight excluding hydrogens is 332 g/mol. The van der Waals surface area contributed by atoms with Crippen LogP contribution in [-0.4, -0.2) is 34.9 Å². The maximum absolute atomic E-state index is 12.3. The Kier molecular flexibility index (Phi) is 5.21. The number of amides is 2. The molecule has 26 heavy (non-hydrogen) atoms. The summed E-state index contributed by atoms with van der Waals surface area (Å²) in [7, 11) is 1.55. The van der Waals surface area contributed by atoms with Crippen molar-refractivity contribution in [1.82, 2.24) is 20.5 Å². The highest BCUT2D eigenvalue weighted by Crippen LogP contribution is 2.30. The predicted molar refractivity (Wildman–Crippen MR) is 102 cm³/mol. The van der Waals surface area contributed by atoms with Crippen molar-refractivity contribution >= 4 is 28.6 Å². The van der Waals surface area contributed by atoms with E-state index >= 15 is 0 Å². The highest BCUT2D eigenvalue weighted by Gasteiger charge is 2.16. The van der Waals surface area contributed by atoms with Gasteiger partial charge in [-0.2, -0.15) is 0 Å². The van der Waals surface area contributed by atoms with Gasteiger partial charge in [-0.3, -0.25) is 10.4 Å². The summed E-state index contributed by atoms with van der Waals surface area (Å²) in [5.41, 5.74) is 1.75. The number of rotatable bonds is 6. The summed E-state index contributed by atoms with van der Waals surface area (Å²) in [5, 5.41) is 16.6. The molecule has 0 aliphatic rings. The third-order valence-corrected chi connectivity index (χ3v) is 3.94. The molecular formula is C18H22N6O2. The summed E-state index contributed by atoms with van der Waals surface area (Å²) < 4.78 is 5.25. The van der Waals surface area contributed by atoms with E-state index in [0.717, 1.165) is 16.5 Å². The second-order valence-electron chi connectivity index (χ2n) is 5.77. The van der Waals surface area contributed by atoms with Gasteiger partial charge in [-0.25, -0.2) is 9.78 Å². The molecule has 4 N–H and O–H groups in total. The van der Waals surface area contributed by atoms with Gasteiger partial charge in [-0.1, -0.05) is 30.3 Å². The molecule has 0 aliphatic heterocycles. The number of ether oxygens (including phenoxy) is 1. The molecule has 0 aliphatic carbocycles. The SMILES string of the molecule is CCNc1nc(NC(=O)NC(C)c2ccccc2)cc2[nH]nc(OC)c12. The summed E-state index contributed by atoms with van der Waals surface area (Å²) in [4.78, 5) is 16.8. The Morgan fingerprint density at radius 1 is 1.31 bits per heavy atom. The van der Waals surface area contributed by atoms with Crippen LogP contribution in [0.25, 0.3) is 10.9 Å². The van der Waals surface area contributed by atoms with E-state index in [0.29, 0.717) is 24.1 Å². The smallest absolute Gasteiger partial charge is 0.320 e. The van der Waals surface area contributed by atoms with Crippen LogP contribution in [0, 0.1) is 0 Å². The molecule has 8 heteroatoms. The number of methoxy groups -OCH3 is 1. The van der Waals surface area contributed by atoms with Crippen LogP contribution >= 0.6 is 0 Å². The number of H-pyrrole nitrogens is 1. The van der Waals surface area contributed by atoms with Crippen molar-refractivity contribution in [1.29, 1.82) is 0 Å². The van der Waals surface area contributed by atoms with Crippen molar-refractivity contribution in [2.45, 2.75) is 19.9 Å². The zero-order valence-corrected chi connectivity index (χ0v) is 15.0. The highest BCUT2D eigenvalue weighted by atomic mass is 16.5. The number of pyridine rings is 1. The van der Waals surface area contributed by atoms with Gasteiger partial charge in [-0.15, -0.1) is 5.10 Å². The number of benzene rings is 1. The number of fused-ring (bicyclic) bond motifs is 1. The van der Waals surface area contributed by atoms with Crippen molar-refractivity contribution in [3.05, 3.63) is 42.0 Å². The zero-order valence-electron chi connectivity index (χ0n) is 15.0. The number of carbonyl (C=O) groups excluding carboxylic acids is 1. The Morgan fingerprint density at radius 3 is 2.77 bits per heavy atom. The first kappa shape index (κ1) is 17.5. The van der Waals surface area contributed by atoms with Gasteiger partial charge < -0.3 is 15.4 Å². The lowest BCUT2D eigenvalue weighted by Crippen LogP contribution is -2.31. The second-order valence-corrected chi connectivity index (χ2v) is 5.77. The van der Waals surface area contributed by atoms with Crippen LogP contribution < -0.4 is 20.7 Å². The first-order valence-corrected chi connectivity index (χ1v) is 8.41. The molecule has 3 rings (SSSR count). The topological polar surface area (TPSA) is 104 Å². The fraction of sp³-hybridized carbons (Fsp3) is 0.278. The van der Waals surface area contributed by atoms with Gasteiger partial charge in [0.15, 0.2) is 0 Å². The number of carbonyl (C=O) groups is 1. The largest absolute Gasteiger partial charge is 0.479 e. The molecule has 1 atom stereocenters. The third-order valence-electron chi connectivity index (χ3n) is 3.94. The van der Waals surface area contributed by atoms with Crippen LogP contribution in [0.4, 0.5) is 16.4 Å². The Labute approximate surface area is 151 Å². The average molecular weight is 354 g/mol. The van der Waals surface area contributed by atoms with E-state index in [1.54, 1.807) is 13.2 Å². The fourth-order valence-electron chi connectivity index (χ4n) is 2.70. The maximum Gasteiger partial charge on any atom is 0.320 e. The van der Waals surface area contributed by atoms with Crippen molar-refractivity contribution in [3.8, 4) is 5.88 Å². The lowest BCUT2D eigenvalue weighted by atomic mass is 10.1. The number of hydrogen-bond acceptors (Lipinski definition) is 5. The number of hydrogen-bond donors (Lipinski definition) is 4. The number of nitrogens with one attached hydrogen (secondary N) is 4. The lowest BCUT2D eigenvalue weighted by Gasteiger charge is -2.15. The number of aromatic nitrogens is 3. The number of aromatic amines is 1. The number of nitrogens with zero attached hydrogens (tertiary/aromatic N) is 2. The Hall–Kier alpha value is -3.29. The maximum atomic E-state index is 12.3. The molecule has 0 saturated heterocycles. The van der Waals surface area contributed by atoms with Gasteiger partial charge >= 0.3 is 6.03 Å². The van der Waals surface area contributed by atoms with Crippen molar-refractivity contribution in [3.63, 3.8) is 0 Å². The molecule has 2 heterocycles. The van der Waals surface area contributed by atoms with E-state index in [1.807, 2.05) is 44.2 Å². The van der Waals surface area contributed by atoms with Crippen LogP contribution in [0.3, 0.4) is 0 Å². The summed E-state index contributed by atoms with van der Waals surface area (Å²) >= 11 is 0. The average Bonchev–Trinajstić information content (AvgIpc) is 3.06. The molecule has 1 aromatic carbocycles. The standard InChI is InChI=1S/C18H22N6O2/c1-4-19-16-15-13(23-24-17(15)26-3)10-14(21-16)22-18(25)20-11(2)12-8-6-5-7-9-12/h5-11H,4H2,1-3H3,(H,23,24)(H3,19,20,21,22,25). The van der Waals surface area contributed by atoms with Crippen LogP contribution in [0.15, 0.2) is 36.4 Å². The van der Waals surface area contributed by atoms with Gasteiger partial charge in [0.25, 0.3) is 0 Å². The first-order chi connectivity index (χ1) is 12.6. The second kappa shape index (κ2) is 7.73. The minimum Gasteiger partial charge on any atom is -0.479 e. The molecule has 136 valence electrons. The molecule has 0 bridgehead atoms. The van der Waals surface area contributed by atoms with E-state index < -0.39 is 0 Å². The number of anilines is 2. The Balaban J connectivity index is 1.78. The van der Waals surface area contributed by atoms with Crippen molar-refractivity contribution < 1.29 is 9.53 Å². The first-order valence-electron chi connectivity index (χ1n) is 8.41. The van der Waals surface area contributed by atoms with E-state index in [-0.39, 0.29) is 12.1 Å². The van der Waals surface area contributed by atoms with Gasteiger partial charge in [0.1, 0.15) is 17.0 Å². The van der Waals surface area contributed by atoms with E-state index in [9.17, 15) is 4.79 Å². The van der Waals surface area contributed by atoms with Gasteiger partial charge in [0.2, 0.25) is 5.88 Å². The van der Waals surface area contributed by atoms with E-state index in [1.165, 1.54) is 0 Å². The van der Waals surface area contributed by atoms with Gasteiger partial charge in [0, 0.05) is 12.6 Å². The molecule has 0 saturated carbocycles. The minimum atomic E-state index is -0.331. The quantitative estimate of drug-likeness (QED) is 0.544. The molecule has 1 unspecified atom stereocenters. The molecule has 0 radical (unpaired) electrons. The van der Waals surface area contributed by atoms with Crippen LogP contribution in [0.1, 0.15) is 25.5 Å². The lowest BCUT2D eigenvalue weighted by molar-refractivity contribution is 0.249. The number of urea groups is 1. The van der Waals surface area contributed by atoms with Gasteiger partial charge in [-0.05, 0) is 19.4 Å². The van der Waals surface area contributed by atoms with Gasteiger partial charge in [0.05, 0.1) is 18.7 Å². The Morgan fingerprint density at radius 2 is 2.08 bits per heavy atom. The molecule has 0 spiro atoms. The van der Waals surface area contributed by atoms with Crippen molar-refractivity contribution in [2.24, 2.45) is 0 Å². The van der Waals surface area contributed by atoms with Crippen molar-refractivity contribution in [2.75, 3.05) is 24.3 Å². The van der Waals surface area contributed by atoms with Crippen LogP contribution in [-0.2, 0) is 0 Å². The fourth-order valence-corrected chi connectivity index (χ4v) is 2.70. The normalized spacial score (nSPS) is 11.8. The zero-order chi connectivity index (χ0) is 18.5. The highest BCUT2D eigenvalue weighted by molar-refractivity contribution is 5.98. The summed E-state index contributed by atoms with van der Waals surface area (Å²) in [6.07, 6.45) is 0. The van der Waals surface area contributed by atoms with Crippen LogP contribution in [0.5, 0.6) is 5.88 Å². The molecule has 3 aromatic rings. The third kappa shape index (κ3) is 3.69. The molecule has 0 fully saturated rings. The van der Waals surface area contributed by atoms with Crippen LogP contribution in [0.2, 0.25) is 0 Å². The summed E-state index contributed by atoms with van der Waals surface area (Å²) in [6.45, 7) is 4.57. The van der Waals surface area contributed by atoms with E-state index in [2.05, 4.69) is 31.1 Å².